The molecule has 0 bridgehead atoms. The van der Waals surface area contributed by atoms with Crippen molar-refractivity contribution in [3.63, 3.8) is 0 Å². The molecule has 20 heavy (non-hydrogen) atoms. The summed E-state index contributed by atoms with van der Waals surface area (Å²) in [6.07, 6.45) is 9.40. The van der Waals surface area contributed by atoms with E-state index in [4.69, 9.17) is 4.98 Å². The highest BCUT2D eigenvalue weighted by Crippen LogP contribution is 2.23. The predicted octanol–water partition coefficient (Wildman–Crippen LogP) is 3.45. The second-order valence-electron chi connectivity index (χ2n) is 6.34. The van der Waals surface area contributed by atoms with Crippen LogP contribution in [-0.4, -0.2) is 32.9 Å². The Morgan fingerprint density at radius 1 is 1.35 bits per heavy atom. The summed E-state index contributed by atoms with van der Waals surface area (Å²) in [5, 5.41) is 0. The molecule has 1 atom stereocenters. The van der Waals surface area contributed by atoms with Gasteiger partial charge in [0.05, 0.1) is 5.69 Å². The largest absolute Gasteiger partial charge is 0.307 e. The monoisotopic (exact) mass is 271 g/mol. The Bertz CT molecular complexity index is 585. The highest BCUT2D eigenvalue weighted by atomic mass is 15.2. The van der Waals surface area contributed by atoms with Crippen LogP contribution in [0.15, 0.2) is 24.5 Å². The summed E-state index contributed by atoms with van der Waals surface area (Å²) >= 11 is 0. The smallest absolute Gasteiger partial charge is 0.139 e. The van der Waals surface area contributed by atoms with E-state index in [9.17, 15) is 0 Å². The first-order chi connectivity index (χ1) is 9.65. The average molecular weight is 271 g/mol. The van der Waals surface area contributed by atoms with E-state index in [0.29, 0.717) is 12.1 Å². The maximum atomic E-state index is 4.84. The molecule has 0 spiro atoms. The Labute approximate surface area is 121 Å². The minimum absolute atomic E-state index is 0.638. The van der Waals surface area contributed by atoms with E-state index in [2.05, 4.69) is 54.6 Å². The zero-order valence-electron chi connectivity index (χ0n) is 12.8. The molecule has 3 heterocycles. The lowest BCUT2D eigenvalue weighted by Gasteiger charge is -2.38. The van der Waals surface area contributed by atoms with E-state index in [1.54, 1.807) is 0 Å². The number of aromatic nitrogens is 2. The molecule has 0 aliphatic carbocycles. The number of nitrogens with zero attached hydrogens (tertiary/aromatic N) is 3. The molecule has 1 aliphatic heterocycles. The van der Waals surface area contributed by atoms with Crippen molar-refractivity contribution in [1.82, 2.24) is 14.3 Å². The Balaban J connectivity index is 1.82. The summed E-state index contributed by atoms with van der Waals surface area (Å²) in [5.41, 5.74) is 3.59. The van der Waals surface area contributed by atoms with Gasteiger partial charge in [0.15, 0.2) is 0 Å². The number of piperidine rings is 1. The number of rotatable bonds is 3. The summed E-state index contributed by atoms with van der Waals surface area (Å²) in [7, 11) is 0. The van der Waals surface area contributed by atoms with Crippen LogP contribution in [0.2, 0.25) is 0 Å². The van der Waals surface area contributed by atoms with Crippen molar-refractivity contribution in [2.24, 2.45) is 0 Å². The van der Waals surface area contributed by atoms with Crippen LogP contribution in [0.25, 0.3) is 5.65 Å². The van der Waals surface area contributed by atoms with Gasteiger partial charge in [0.1, 0.15) is 5.65 Å². The van der Waals surface area contributed by atoms with E-state index in [0.717, 1.165) is 12.1 Å². The van der Waals surface area contributed by atoms with Gasteiger partial charge in [-0.3, -0.25) is 4.90 Å². The molecular formula is C17H25N3. The van der Waals surface area contributed by atoms with Crippen molar-refractivity contribution in [3.8, 4) is 0 Å². The van der Waals surface area contributed by atoms with E-state index >= 15 is 0 Å². The molecule has 2 aromatic heterocycles. The van der Waals surface area contributed by atoms with Crippen molar-refractivity contribution in [1.29, 1.82) is 0 Å². The Morgan fingerprint density at radius 3 is 2.95 bits per heavy atom. The van der Waals surface area contributed by atoms with Crippen molar-refractivity contribution in [2.75, 3.05) is 6.54 Å². The first-order valence-corrected chi connectivity index (χ1v) is 7.84. The molecule has 1 unspecified atom stereocenters. The molecule has 3 nitrogen and oxygen atoms in total. The molecule has 0 radical (unpaired) electrons. The van der Waals surface area contributed by atoms with Crippen molar-refractivity contribution in [3.05, 3.63) is 35.8 Å². The number of likely N-dealkylation sites (tertiary alicyclic amines) is 1. The first kappa shape index (κ1) is 13.6. The third-order valence-corrected chi connectivity index (χ3v) is 4.51. The summed E-state index contributed by atoms with van der Waals surface area (Å²) in [6, 6.07) is 5.52. The minimum atomic E-state index is 0.638. The lowest BCUT2D eigenvalue weighted by molar-refractivity contribution is 0.111. The van der Waals surface area contributed by atoms with Crippen LogP contribution in [0.5, 0.6) is 0 Å². The van der Waals surface area contributed by atoms with Gasteiger partial charge in [0.2, 0.25) is 0 Å². The van der Waals surface area contributed by atoms with Crippen molar-refractivity contribution in [2.45, 2.75) is 58.5 Å². The number of aryl methyl sites for hydroxylation is 1. The highest BCUT2D eigenvalue weighted by Gasteiger charge is 2.25. The van der Waals surface area contributed by atoms with Gasteiger partial charge in [-0.1, -0.05) is 12.5 Å². The minimum Gasteiger partial charge on any atom is -0.307 e. The SMILES string of the molecule is Cc1cccn2cc(CC3CCCCN3C(C)C)nc12. The second kappa shape index (κ2) is 5.57. The van der Waals surface area contributed by atoms with Gasteiger partial charge < -0.3 is 4.40 Å². The van der Waals surface area contributed by atoms with Crippen LogP contribution >= 0.6 is 0 Å². The molecule has 0 N–H and O–H groups in total. The Hall–Kier alpha value is -1.35. The molecule has 1 fully saturated rings. The molecule has 0 amide bonds. The second-order valence-corrected chi connectivity index (χ2v) is 6.34. The third kappa shape index (κ3) is 2.59. The number of pyridine rings is 1. The van der Waals surface area contributed by atoms with E-state index in [-0.39, 0.29) is 0 Å². The van der Waals surface area contributed by atoms with Crippen LogP contribution in [0.3, 0.4) is 0 Å². The Morgan fingerprint density at radius 2 is 2.20 bits per heavy atom. The maximum Gasteiger partial charge on any atom is 0.139 e. The maximum absolute atomic E-state index is 4.84. The van der Waals surface area contributed by atoms with Gasteiger partial charge in [-0.05, 0) is 51.8 Å². The van der Waals surface area contributed by atoms with Crippen LogP contribution in [-0.2, 0) is 6.42 Å². The topological polar surface area (TPSA) is 20.5 Å². The van der Waals surface area contributed by atoms with Gasteiger partial charge >= 0.3 is 0 Å². The number of hydrogen-bond donors (Lipinski definition) is 0. The summed E-state index contributed by atoms with van der Waals surface area (Å²) in [6.45, 7) is 8.00. The summed E-state index contributed by atoms with van der Waals surface area (Å²) in [4.78, 5) is 7.49. The molecular weight excluding hydrogens is 246 g/mol. The molecule has 2 aromatic rings. The number of hydrogen-bond acceptors (Lipinski definition) is 2. The third-order valence-electron chi connectivity index (χ3n) is 4.51. The molecule has 0 aromatic carbocycles. The molecule has 1 aliphatic rings. The molecule has 3 rings (SSSR count). The standard InChI is InChI=1S/C17H25N3/c1-13(2)20-10-5-4-8-16(20)11-15-12-19-9-6-7-14(3)17(19)18-15/h6-7,9,12-13,16H,4-5,8,10-11H2,1-3H3. The molecule has 3 heteroatoms. The molecule has 0 saturated carbocycles. The van der Waals surface area contributed by atoms with Gasteiger partial charge in [0, 0.05) is 30.9 Å². The lowest BCUT2D eigenvalue weighted by Crippen LogP contribution is -2.45. The van der Waals surface area contributed by atoms with Gasteiger partial charge in [-0.25, -0.2) is 4.98 Å². The molecule has 1 saturated heterocycles. The van der Waals surface area contributed by atoms with Crippen molar-refractivity contribution < 1.29 is 0 Å². The summed E-state index contributed by atoms with van der Waals surface area (Å²) < 4.78 is 2.16. The number of fused-ring (bicyclic) bond motifs is 1. The van der Waals surface area contributed by atoms with E-state index in [1.165, 1.54) is 37.1 Å². The van der Waals surface area contributed by atoms with Crippen molar-refractivity contribution >= 4 is 5.65 Å². The van der Waals surface area contributed by atoms with Crippen LogP contribution in [0.4, 0.5) is 0 Å². The van der Waals surface area contributed by atoms with Gasteiger partial charge in [-0.15, -0.1) is 0 Å². The predicted molar refractivity (Wildman–Crippen MR) is 83.1 cm³/mol. The van der Waals surface area contributed by atoms with Crippen LogP contribution < -0.4 is 0 Å². The fourth-order valence-corrected chi connectivity index (χ4v) is 3.47. The quantitative estimate of drug-likeness (QED) is 0.852. The fraction of sp³-hybridized carbons (Fsp3) is 0.588. The summed E-state index contributed by atoms with van der Waals surface area (Å²) in [5.74, 6) is 0. The van der Waals surface area contributed by atoms with Crippen LogP contribution in [0.1, 0.15) is 44.4 Å². The first-order valence-electron chi connectivity index (χ1n) is 7.84. The zero-order valence-corrected chi connectivity index (χ0v) is 12.8. The van der Waals surface area contributed by atoms with E-state index < -0.39 is 0 Å². The van der Waals surface area contributed by atoms with Gasteiger partial charge in [0.25, 0.3) is 0 Å². The van der Waals surface area contributed by atoms with Crippen LogP contribution in [0, 0.1) is 6.92 Å². The molecule has 108 valence electrons. The normalized spacial score (nSPS) is 20.9. The van der Waals surface area contributed by atoms with E-state index in [1.807, 2.05) is 0 Å². The van der Waals surface area contributed by atoms with Gasteiger partial charge in [-0.2, -0.15) is 0 Å². The number of imidazole rings is 1. The highest BCUT2D eigenvalue weighted by molar-refractivity contribution is 5.47. The lowest BCUT2D eigenvalue weighted by atomic mass is 9.97. The fourth-order valence-electron chi connectivity index (χ4n) is 3.47. The Kier molecular flexibility index (Phi) is 3.79. The average Bonchev–Trinajstić information content (AvgIpc) is 2.83. The zero-order chi connectivity index (χ0) is 14.1.